The second-order valence-corrected chi connectivity index (χ2v) is 3.55. The zero-order chi connectivity index (χ0) is 12.4. The van der Waals surface area contributed by atoms with Gasteiger partial charge < -0.3 is 9.84 Å². The van der Waals surface area contributed by atoms with Gasteiger partial charge in [-0.1, -0.05) is 0 Å². The van der Waals surface area contributed by atoms with Gasteiger partial charge in [0.05, 0.1) is 12.3 Å². The number of nitrogens with one attached hydrogen (secondary N) is 1. The number of fused-ring (bicyclic) bond motifs is 1. The van der Waals surface area contributed by atoms with E-state index in [-0.39, 0.29) is 18.2 Å². The molecule has 0 aliphatic carbocycles. The number of nitrogens with zero attached hydrogens (tertiary/aromatic N) is 3. The van der Waals surface area contributed by atoms with E-state index in [0.29, 0.717) is 30.1 Å². The minimum atomic E-state index is -0.250. The molecule has 0 fully saturated rings. The van der Waals surface area contributed by atoms with Crippen LogP contribution in [0.4, 0.5) is 0 Å². The van der Waals surface area contributed by atoms with E-state index in [0.717, 1.165) is 0 Å². The number of H-pyrrole nitrogens is 1. The summed E-state index contributed by atoms with van der Waals surface area (Å²) in [7, 11) is 0. The van der Waals surface area contributed by atoms with Gasteiger partial charge in [-0.25, -0.2) is 0 Å². The molecule has 2 aromatic heterocycles. The maximum atomic E-state index is 11.7. The average molecular weight is 238 g/mol. The van der Waals surface area contributed by atoms with Crippen LogP contribution in [-0.2, 0) is 6.42 Å². The molecule has 0 unspecified atom stereocenters. The fraction of sp³-hybridized carbons (Fsp3) is 0.500. The molecule has 0 spiro atoms. The second-order valence-electron chi connectivity index (χ2n) is 3.55. The van der Waals surface area contributed by atoms with Gasteiger partial charge in [0, 0.05) is 18.6 Å². The van der Waals surface area contributed by atoms with Crippen molar-refractivity contribution < 1.29 is 9.84 Å². The van der Waals surface area contributed by atoms with Crippen molar-refractivity contribution in [1.82, 2.24) is 19.6 Å². The third-order valence-corrected chi connectivity index (χ3v) is 2.48. The number of hydrogen-bond acceptors (Lipinski definition) is 5. The maximum absolute atomic E-state index is 11.7. The predicted octanol–water partition coefficient (Wildman–Crippen LogP) is -0.340. The molecule has 0 saturated carbocycles. The first kappa shape index (κ1) is 11.6. The van der Waals surface area contributed by atoms with E-state index >= 15 is 0 Å². The summed E-state index contributed by atoms with van der Waals surface area (Å²) in [6.45, 7) is 3.97. The Morgan fingerprint density at radius 2 is 2.29 bits per heavy atom. The monoisotopic (exact) mass is 238 g/mol. The molecule has 0 aliphatic rings. The van der Waals surface area contributed by atoms with Gasteiger partial charge in [0.15, 0.2) is 0 Å². The third-order valence-electron chi connectivity index (χ3n) is 2.48. The molecular formula is C10H14N4O3. The summed E-state index contributed by atoms with van der Waals surface area (Å²) in [5.74, 6) is 0.345. The van der Waals surface area contributed by atoms with Gasteiger partial charge in [-0.2, -0.15) is 9.50 Å². The minimum absolute atomic E-state index is 0.0809. The molecule has 0 atom stereocenters. The van der Waals surface area contributed by atoms with Crippen LogP contribution < -0.4 is 10.3 Å². The fourth-order valence-corrected chi connectivity index (χ4v) is 1.67. The van der Waals surface area contributed by atoms with E-state index in [4.69, 9.17) is 9.84 Å². The molecular weight excluding hydrogens is 224 g/mol. The van der Waals surface area contributed by atoms with Crippen molar-refractivity contribution in [3.63, 3.8) is 0 Å². The summed E-state index contributed by atoms with van der Waals surface area (Å²) >= 11 is 0. The van der Waals surface area contributed by atoms with E-state index in [1.807, 2.05) is 6.92 Å². The lowest BCUT2D eigenvalue weighted by Gasteiger charge is -2.03. The second kappa shape index (κ2) is 4.54. The van der Waals surface area contributed by atoms with Crippen molar-refractivity contribution >= 4 is 5.78 Å². The standard InChI is InChI=1S/C10H14N4O3/c1-3-17-10-12-9-11-8(16)7(4-5-15)6(2)14(9)13-10/h15H,3-5H2,1-2H3,(H,11,12,13,16). The first-order valence-corrected chi connectivity index (χ1v) is 5.39. The number of aromatic nitrogens is 4. The van der Waals surface area contributed by atoms with Gasteiger partial charge in [0.2, 0.25) is 5.78 Å². The molecule has 0 saturated heterocycles. The summed E-state index contributed by atoms with van der Waals surface area (Å²) in [5, 5.41) is 13.0. The number of aliphatic hydroxyl groups excluding tert-OH is 1. The molecule has 0 aromatic carbocycles. The summed E-state index contributed by atoms with van der Waals surface area (Å²) in [5.41, 5.74) is 0.920. The number of aliphatic hydroxyl groups is 1. The molecule has 2 N–H and O–H groups in total. The SMILES string of the molecule is CCOc1nc2[nH]c(=O)c(CCO)c(C)n2n1. The Morgan fingerprint density at radius 1 is 1.53 bits per heavy atom. The zero-order valence-corrected chi connectivity index (χ0v) is 9.73. The average Bonchev–Trinajstić information content (AvgIpc) is 2.67. The van der Waals surface area contributed by atoms with Gasteiger partial charge >= 0.3 is 6.01 Å². The Labute approximate surface area is 97.1 Å². The topological polar surface area (TPSA) is 92.5 Å². The van der Waals surface area contributed by atoms with Crippen LogP contribution in [0.15, 0.2) is 4.79 Å². The van der Waals surface area contributed by atoms with Crippen LogP contribution in [0.2, 0.25) is 0 Å². The Balaban J connectivity index is 2.61. The summed E-state index contributed by atoms with van der Waals surface area (Å²) in [6.07, 6.45) is 0.293. The zero-order valence-electron chi connectivity index (χ0n) is 9.73. The first-order chi connectivity index (χ1) is 8.17. The van der Waals surface area contributed by atoms with Crippen LogP contribution >= 0.6 is 0 Å². The van der Waals surface area contributed by atoms with Crippen molar-refractivity contribution in [3.05, 3.63) is 21.6 Å². The Kier molecular flexibility index (Phi) is 3.10. The van der Waals surface area contributed by atoms with E-state index in [1.165, 1.54) is 4.52 Å². The summed E-state index contributed by atoms with van der Waals surface area (Å²) < 4.78 is 6.68. The molecule has 2 aromatic rings. The number of ether oxygens (including phenoxy) is 1. The van der Waals surface area contributed by atoms with Crippen molar-refractivity contribution in [1.29, 1.82) is 0 Å². The van der Waals surface area contributed by atoms with Crippen molar-refractivity contribution in [2.24, 2.45) is 0 Å². The molecule has 2 rings (SSSR count). The summed E-state index contributed by atoms with van der Waals surface area (Å²) in [4.78, 5) is 18.4. The van der Waals surface area contributed by atoms with Crippen LogP contribution in [-0.4, -0.2) is 37.9 Å². The number of aromatic amines is 1. The van der Waals surface area contributed by atoms with Crippen LogP contribution in [0, 0.1) is 6.92 Å². The highest BCUT2D eigenvalue weighted by Gasteiger charge is 2.12. The molecule has 7 nitrogen and oxygen atoms in total. The number of aryl methyl sites for hydroxylation is 1. The van der Waals surface area contributed by atoms with Gasteiger partial charge in [-0.15, -0.1) is 5.10 Å². The van der Waals surface area contributed by atoms with Gasteiger partial charge in [-0.05, 0) is 13.8 Å². The normalized spacial score (nSPS) is 11.0. The van der Waals surface area contributed by atoms with Crippen molar-refractivity contribution in [2.45, 2.75) is 20.3 Å². The minimum Gasteiger partial charge on any atom is -0.463 e. The third kappa shape index (κ3) is 2.01. The van der Waals surface area contributed by atoms with Crippen LogP contribution in [0.3, 0.4) is 0 Å². The highest BCUT2D eigenvalue weighted by atomic mass is 16.5. The quantitative estimate of drug-likeness (QED) is 0.760. The Bertz CT molecular complexity index is 587. The molecule has 17 heavy (non-hydrogen) atoms. The van der Waals surface area contributed by atoms with Crippen LogP contribution in [0.1, 0.15) is 18.2 Å². The van der Waals surface area contributed by atoms with Crippen molar-refractivity contribution in [3.8, 4) is 6.01 Å². The van der Waals surface area contributed by atoms with Gasteiger partial charge in [-0.3, -0.25) is 9.78 Å². The largest absolute Gasteiger partial charge is 0.463 e. The summed E-state index contributed by atoms with van der Waals surface area (Å²) in [6, 6.07) is 0.229. The lowest BCUT2D eigenvalue weighted by atomic mass is 10.2. The highest BCUT2D eigenvalue weighted by molar-refractivity contribution is 5.33. The molecule has 92 valence electrons. The lowest BCUT2D eigenvalue weighted by molar-refractivity contribution is 0.298. The maximum Gasteiger partial charge on any atom is 0.337 e. The Hall–Kier alpha value is -1.89. The molecule has 0 aliphatic heterocycles. The van der Waals surface area contributed by atoms with Crippen LogP contribution in [0.25, 0.3) is 5.78 Å². The van der Waals surface area contributed by atoms with E-state index in [2.05, 4.69) is 15.1 Å². The predicted molar refractivity (Wildman–Crippen MR) is 60.3 cm³/mol. The smallest absolute Gasteiger partial charge is 0.337 e. The van der Waals surface area contributed by atoms with E-state index in [1.54, 1.807) is 6.92 Å². The molecule has 2 heterocycles. The Morgan fingerprint density at radius 3 is 2.94 bits per heavy atom. The molecule has 0 bridgehead atoms. The lowest BCUT2D eigenvalue weighted by Crippen LogP contribution is -2.19. The fourth-order valence-electron chi connectivity index (χ4n) is 1.67. The van der Waals surface area contributed by atoms with E-state index < -0.39 is 0 Å². The van der Waals surface area contributed by atoms with Crippen molar-refractivity contribution in [2.75, 3.05) is 13.2 Å². The number of rotatable bonds is 4. The van der Waals surface area contributed by atoms with Gasteiger partial charge in [0.1, 0.15) is 0 Å². The van der Waals surface area contributed by atoms with E-state index in [9.17, 15) is 4.79 Å². The molecule has 7 heteroatoms. The highest BCUT2D eigenvalue weighted by Crippen LogP contribution is 2.09. The van der Waals surface area contributed by atoms with Crippen LogP contribution in [0.5, 0.6) is 6.01 Å². The molecule has 0 radical (unpaired) electrons. The number of hydrogen-bond donors (Lipinski definition) is 2. The molecule has 0 amide bonds. The first-order valence-electron chi connectivity index (χ1n) is 5.39. The van der Waals surface area contributed by atoms with Gasteiger partial charge in [0.25, 0.3) is 5.56 Å².